The first-order valence-corrected chi connectivity index (χ1v) is 10.1. The summed E-state index contributed by atoms with van der Waals surface area (Å²) in [7, 11) is 0. The van der Waals surface area contributed by atoms with Crippen molar-refractivity contribution in [3.8, 4) is 0 Å². The van der Waals surface area contributed by atoms with Crippen LogP contribution in [0.3, 0.4) is 0 Å². The van der Waals surface area contributed by atoms with Gasteiger partial charge < -0.3 is 15.2 Å². The van der Waals surface area contributed by atoms with Crippen LogP contribution in [0.15, 0.2) is 18.2 Å². The highest BCUT2D eigenvalue weighted by molar-refractivity contribution is 5.96. The average molecular weight is 378 g/mol. The third-order valence-electron chi connectivity index (χ3n) is 4.73. The van der Waals surface area contributed by atoms with Crippen LogP contribution in [0, 0.1) is 13.8 Å². The standard InChI is InChI=1S/C22H35NO4/c1-5-6-7-8-9-13-19(24)14-15-20(25)27-18(4)22(26)23-21-16(2)11-10-12-17(21)3/h10-12,18-19,24H,5-9,13-15H2,1-4H3,(H,23,26)/t18-,19-/m1/s1. The van der Waals surface area contributed by atoms with Gasteiger partial charge in [0.25, 0.3) is 5.91 Å². The number of amides is 1. The molecule has 2 N–H and O–H groups in total. The van der Waals surface area contributed by atoms with Crippen molar-refractivity contribution in [2.75, 3.05) is 5.32 Å². The summed E-state index contributed by atoms with van der Waals surface area (Å²) < 4.78 is 5.21. The number of para-hydroxylation sites is 1. The molecule has 0 aliphatic heterocycles. The van der Waals surface area contributed by atoms with Gasteiger partial charge in [0, 0.05) is 12.1 Å². The lowest BCUT2D eigenvalue weighted by molar-refractivity contribution is -0.153. The Morgan fingerprint density at radius 3 is 2.33 bits per heavy atom. The molecule has 27 heavy (non-hydrogen) atoms. The van der Waals surface area contributed by atoms with E-state index in [0.717, 1.165) is 29.7 Å². The molecular weight excluding hydrogens is 342 g/mol. The van der Waals surface area contributed by atoms with Crippen molar-refractivity contribution in [3.05, 3.63) is 29.3 Å². The van der Waals surface area contributed by atoms with Gasteiger partial charge in [-0.15, -0.1) is 0 Å². The van der Waals surface area contributed by atoms with Gasteiger partial charge in [-0.3, -0.25) is 9.59 Å². The summed E-state index contributed by atoms with van der Waals surface area (Å²) in [5.41, 5.74) is 2.68. The van der Waals surface area contributed by atoms with Crippen LogP contribution < -0.4 is 5.32 Å². The molecule has 0 aromatic heterocycles. The summed E-state index contributed by atoms with van der Waals surface area (Å²) in [6, 6.07) is 5.77. The molecule has 2 atom stereocenters. The lowest BCUT2D eigenvalue weighted by atomic mass is 10.0. The topological polar surface area (TPSA) is 75.6 Å². The Morgan fingerprint density at radius 2 is 1.70 bits per heavy atom. The number of nitrogens with one attached hydrogen (secondary N) is 1. The molecule has 0 saturated carbocycles. The normalized spacial score (nSPS) is 13.1. The number of carbonyl (C=O) groups excluding carboxylic acids is 2. The van der Waals surface area contributed by atoms with Crippen LogP contribution >= 0.6 is 0 Å². The Bertz CT molecular complexity index is 580. The van der Waals surface area contributed by atoms with Gasteiger partial charge in [-0.2, -0.15) is 0 Å². The number of anilines is 1. The van der Waals surface area contributed by atoms with E-state index in [2.05, 4.69) is 12.2 Å². The van der Waals surface area contributed by atoms with Crippen LogP contribution in [0.2, 0.25) is 0 Å². The van der Waals surface area contributed by atoms with Crippen molar-refractivity contribution in [1.82, 2.24) is 0 Å². The number of esters is 1. The fourth-order valence-electron chi connectivity index (χ4n) is 2.96. The lowest BCUT2D eigenvalue weighted by Gasteiger charge is -2.16. The maximum Gasteiger partial charge on any atom is 0.306 e. The van der Waals surface area contributed by atoms with E-state index in [-0.39, 0.29) is 12.3 Å². The fraction of sp³-hybridized carbons (Fsp3) is 0.636. The predicted molar refractivity (Wildman–Crippen MR) is 109 cm³/mol. The van der Waals surface area contributed by atoms with E-state index >= 15 is 0 Å². The minimum absolute atomic E-state index is 0.122. The number of rotatable bonds is 12. The quantitative estimate of drug-likeness (QED) is 0.410. The minimum Gasteiger partial charge on any atom is -0.453 e. The molecule has 0 aliphatic carbocycles. The third-order valence-corrected chi connectivity index (χ3v) is 4.73. The second-order valence-electron chi connectivity index (χ2n) is 7.28. The molecule has 1 aromatic carbocycles. The van der Waals surface area contributed by atoms with Gasteiger partial charge in [0.05, 0.1) is 6.10 Å². The van der Waals surface area contributed by atoms with Crippen LogP contribution in [0.4, 0.5) is 5.69 Å². The maximum atomic E-state index is 12.3. The molecule has 1 amide bonds. The number of hydrogen-bond donors (Lipinski definition) is 2. The number of aliphatic hydroxyl groups is 1. The number of aliphatic hydroxyl groups excluding tert-OH is 1. The van der Waals surface area contributed by atoms with Crippen molar-refractivity contribution in [3.63, 3.8) is 0 Å². The largest absolute Gasteiger partial charge is 0.453 e. The summed E-state index contributed by atoms with van der Waals surface area (Å²) in [4.78, 5) is 24.2. The van der Waals surface area contributed by atoms with Crippen molar-refractivity contribution in [2.24, 2.45) is 0 Å². The van der Waals surface area contributed by atoms with Gasteiger partial charge in [0.2, 0.25) is 0 Å². The third kappa shape index (κ3) is 9.05. The number of benzene rings is 1. The summed E-state index contributed by atoms with van der Waals surface area (Å²) in [6.07, 6.45) is 5.55. The van der Waals surface area contributed by atoms with Crippen LogP contribution in [-0.2, 0) is 14.3 Å². The van der Waals surface area contributed by atoms with E-state index in [1.807, 2.05) is 32.0 Å². The van der Waals surface area contributed by atoms with E-state index in [4.69, 9.17) is 4.74 Å². The van der Waals surface area contributed by atoms with E-state index in [1.165, 1.54) is 19.3 Å². The molecule has 0 spiro atoms. The Balaban J connectivity index is 2.31. The molecule has 0 bridgehead atoms. The van der Waals surface area contributed by atoms with Crippen molar-refractivity contribution in [1.29, 1.82) is 0 Å². The molecule has 0 saturated heterocycles. The molecule has 0 unspecified atom stereocenters. The second-order valence-corrected chi connectivity index (χ2v) is 7.28. The van der Waals surface area contributed by atoms with E-state index in [1.54, 1.807) is 6.92 Å². The molecule has 0 radical (unpaired) electrons. The number of aryl methyl sites for hydroxylation is 2. The molecule has 152 valence electrons. The highest BCUT2D eigenvalue weighted by atomic mass is 16.5. The van der Waals surface area contributed by atoms with Crippen LogP contribution in [-0.4, -0.2) is 29.2 Å². The molecular formula is C22H35NO4. The summed E-state index contributed by atoms with van der Waals surface area (Å²) in [5.74, 6) is -0.804. The van der Waals surface area contributed by atoms with Gasteiger partial charge in [-0.25, -0.2) is 0 Å². The van der Waals surface area contributed by atoms with Gasteiger partial charge in [0.15, 0.2) is 6.10 Å². The molecule has 0 heterocycles. The van der Waals surface area contributed by atoms with Crippen LogP contribution in [0.1, 0.15) is 76.3 Å². The SMILES string of the molecule is CCCCCCC[C@@H](O)CCC(=O)O[C@H](C)C(=O)Nc1c(C)cccc1C. The minimum atomic E-state index is -0.873. The summed E-state index contributed by atoms with van der Waals surface area (Å²) >= 11 is 0. The van der Waals surface area contributed by atoms with Crippen molar-refractivity contribution < 1.29 is 19.4 Å². The van der Waals surface area contributed by atoms with Crippen molar-refractivity contribution >= 4 is 17.6 Å². The Kier molecular flexibility index (Phi) is 10.7. The van der Waals surface area contributed by atoms with Crippen LogP contribution in [0.5, 0.6) is 0 Å². The number of carbonyl (C=O) groups is 2. The zero-order valence-corrected chi connectivity index (χ0v) is 17.2. The molecule has 1 aromatic rings. The van der Waals surface area contributed by atoms with Gasteiger partial charge in [-0.05, 0) is 44.7 Å². The molecule has 1 rings (SSSR count). The highest BCUT2D eigenvalue weighted by Gasteiger charge is 2.19. The molecule has 0 aliphatic rings. The molecule has 5 nitrogen and oxygen atoms in total. The first-order valence-electron chi connectivity index (χ1n) is 10.1. The first-order chi connectivity index (χ1) is 12.8. The average Bonchev–Trinajstić information content (AvgIpc) is 2.62. The zero-order valence-electron chi connectivity index (χ0n) is 17.2. The fourth-order valence-corrected chi connectivity index (χ4v) is 2.96. The van der Waals surface area contributed by atoms with Gasteiger partial charge in [0.1, 0.15) is 0 Å². The maximum absolute atomic E-state index is 12.3. The van der Waals surface area contributed by atoms with E-state index in [0.29, 0.717) is 12.8 Å². The lowest BCUT2D eigenvalue weighted by Crippen LogP contribution is -2.30. The summed E-state index contributed by atoms with van der Waals surface area (Å²) in [5, 5.41) is 12.8. The number of unbranched alkanes of at least 4 members (excludes halogenated alkanes) is 4. The monoisotopic (exact) mass is 377 g/mol. The Morgan fingerprint density at radius 1 is 1.07 bits per heavy atom. The second kappa shape index (κ2) is 12.5. The summed E-state index contributed by atoms with van der Waals surface area (Å²) in [6.45, 7) is 7.57. The van der Waals surface area contributed by atoms with Crippen molar-refractivity contribution in [2.45, 2.75) is 91.3 Å². The van der Waals surface area contributed by atoms with E-state index < -0.39 is 18.2 Å². The van der Waals surface area contributed by atoms with Crippen LogP contribution in [0.25, 0.3) is 0 Å². The van der Waals surface area contributed by atoms with E-state index in [9.17, 15) is 14.7 Å². The molecule has 0 fully saturated rings. The smallest absolute Gasteiger partial charge is 0.306 e. The zero-order chi connectivity index (χ0) is 20.2. The highest BCUT2D eigenvalue weighted by Crippen LogP contribution is 2.20. The predicted octanol–water partition coefficient (Wildman–Crippen LogP) is 4.68. The number of ether oxygens (including phenoxy) is 1. The van der Waals surface area contributed by atoms with Gasteiger partial charge >= 0.3 is 5.97 Å². The Labute approximate surface area is 163 Å². The molecule has 5 heteroatoms. The first kappa shape index (κ1) is 23.2. The number of hydrogen-bond acceptors (Lipinski definition) is 4. The Hall–Kier alpha value is -1.88. The van der Waals surface area contributed by atoms with Gasteiger partial charge in [-0.1, -0.05) is 57.2 Å².